The van der Waals surface area contributed by atoms with Gasteiger partial charge in [0.25, 0.3) is 0 Å². The van der Waals surface area contributed by atoms with Crippen molar-refractivity contribution in [2.75, 3.05) is 40.8 Å². The number of hydrogen-bond acceptors (Lipinski definition) is 15. The highest BCUT2D eigenvalue weighted by molar-refractivity contribution is 5.73. The molecule has 0 bridgehead atoms. The first kappa shape index (κ1) is 50.3. The zero-order valence-electron chi connectivity index (χ0n) is 37.5. The molecule has 336 valence electrons. The summed E-state index contributed by atoms with van der Waals surface area (Å²) < 4.78 is 38.4. The van der Waals surface area contributed by atoms with Gasteiger partial charge in [-0.05, 0) is 101 Å². The van der Waals surface area contributed by atoms with Crippen molar-refractivity contribution in [3.8, 4) is 0 Å². The topological polar surface area (TPSA) is 201 Å². The first-order chi connectivity index (χ1) is 26.4. The maximum absolute atomic E-state index is 14.3. The Bertz CT molecular complexity index is 1240. The smallest absolute Gasteiger partial charge is 0.311 e. The van der Waals surface area contributed by atoms with Gasteiger partial charge in [0.1, 0.15) is 29.0 Å². The lowest BCUT2D eigenvalue weighted by atomic mass is 9.75. The molecule has 18 atom stereocenters. The minimum absolute atomic E-state index is 0.0938. The van der Waals surface area contributed by atoms with Crippen LogP contribution in [-0.4, -0.2) is 167 Å². The van der Waals surface area contributed by atoms with Crippen LogP contribution >= 0.6 is 0 Å². The van der Waals surface area contributed by atoms with Crippen LogP contribution in [0.15, 0.2) is 0 Å². The van der Waals surface area contributed by atoms with E-state index in [1.807, 2.05) is 46.7 Å². The number of carbonyl (C=O) groups excluding carboxylic acids is 1. The van der Waals surface area contributed by atoms with E-state index in [0.29, 0.717) is 13.0 Å². The largest absolute Gasteiger partial charge is 0.459 e. The SMILES string of the molecule is CCCCNC[C@]1(O)[C@H](C)O[C@@H](O[C@@H]2[C@@H](C)[C@@H](O[C@@H]3O[C@H](C)C[C@H](N(C)C)[C@H]3O)[C@](C)(O)C[C@@H](C)NC[C@@H](C)[C@H](O)[C@](C)(O)[C@H](CC)OC(=O)[C@@H]2C)C[C@@]1(C)OC. The average Bonchev–Trinajstić information content (AvgIpc) is 3.14. The summed E-state index contributed by atoms with van der Waals surface area (Å²) in [6, 6.07) is -0.590. The van der Waals surface area contributed by atoms with Gasteiger partial charge in [0, 0.05) is 44.6 Å². The Morgan fingerprint density at radius 2 is 1.61 bits per heavy atom. The summed E-state index contributed by atoms with van der Waals surface area (Å²) in [6.07, 6.45) is -5.65. The van der Waals surface area contributed by atoms with E-state index in [-0.39, 0.29) is 44.0 Å². The summed E-state index contributed by atoms with van der Waals surface area (Å²) in [5, 5.41) is 66.1. The molecule has 0 radical (unpaired) electrons. The zero-order valence-corrected chi connectivity index (χ0v) is 37.5. The summed E-state index contributed by atoms with van der Waals surface area (Å²) in [5.41, 5.74) is -5.96. The summed E-state index contributed by atoms with van der Waals surface area (Å²) in [7, 11) is 5.31. The molecule has 3 rings (SSSR count). The fourth-order valence-electron chi connectivity index (χ4n) is 9.32. The third-order valence-corrected chi connectivity index (χ3v) is 13.3. The van der Waals surface area contributed by atoms with E-state index < -0.39 is 95.3 Å². The Balaban J connectivity index is 2.15. The molecule has 3 heterocycles. The van der Waals surface area contributed by atoms with E-state index in [2.05, 4.69) is 17.6 Å². The van der Waals surface area contributed by atoms with Crippen LogP contribution in [-0.2, 0) is 33.2 Å². The van der Waals surface area contributed by atoms with Crippen LogP contribution in [0.4, 0.5) is 0 Å². The molecule has 57 heavy (non-hydrogen) atoms. The summed E-state index contributed by atoms with van der Waals surface area (Å²) in [6.45, 7) is 20.9. The van der Waals surface area contributed by atoms with Crippen molar-refractivity contribution in [1.82, 2.24) is 15.5 Å². The number of unbranched alkanes of at least 4 members (excludes halogenated alkanes) is 1. The molecule has 0 spiro atoms. The molecule has 0 aromatic rings. The van der Waals surface area contributed by atoms with Crippen LogP contribution in [0.2, 0.25) is 0 Å². The first-order valence-electron chi connectivity index (χ1n) is 21.4. The monoisotopic (exact) mass is 820 g/mol. The molecular formula is C42H81N3O12. The van der Waals surface area contributed by atoms with Gasteiger partial charge in [0.15, 0.2) is 12.6 Å². The molecule has 0 aromatic heterocycles. The summed E-state index contributed by atoms with van der Waals surface area (Å²) in [4.78, 5) is 16.3. The van der Waals surface area contributed by atoms with Crippen LogP contribution < -0.4 is 10.6 Å². The Labute approximate surface area is 342 Å². The first-order valence-corrected chi connectivity index (χ1v) is 21.4. The standard InChI is InChI=1S/C42H81N3O12/c1-15-17-18-43-23-42(51)29(8)54-32(21-40(42,10)52-14)56-34-27(6)36(57-38-33(46)30(45(12)13)19-26(5)53-38)39(9,49)20-25(4)44-22-24(3)35(47)41(11,50)31(16-2)55-37(48)28(34)7/h24-36,38,43-44,46-47,49-51H,15-23H2,1-14H3/t24-,25-,26-,27-,28-,29+,30+,31+,32+,33-,34-,35+,36-,38+,39-,40-,41-,42+/m1/s1. The number of nitrogens with zero attached hydrogens (tertiary/aromatic N) is 1. The van der Waals surface area contributed by atoms with E-state index in [1.54, 1.807) is 41.7 Å². The van der Waals surface area contributed by atoms with Crippen molar-refractivity contribution < 1.29 is 58.7 Å². The Morgan fingerprint density at radius 1 is 0.965 bits per heavy atom. The lowest BCUT2D eigenvalue weighted by Gasteiger charge is -2.53. The third-order valence-electron chi connectivity index (χ3n) is 13.3. The number of aliphatic hydroxyl groups excluding tert-OH is 2. The van der Waals surface area contributed by atoms with Gasteiger partial charge in [-0.25, -0.2) is 0 Å². The second-order valence-electron chi connectivity index (χ2n) is 18.5. The van der Waals surface area contributed by atoms with Crippen molar-refractivity contribution in [3.05, 3.63) is 0 Å². The maximum Gasteiger partial charge on any atom is 0.311 e. The predicted molar refractivity (Wildman–Crippen MR) is 216 cm³/mol. The molecule has 15 heteroatoms. The number of rotatable bonds is 12. The van der Waals surface area contributed by atoms with Crippen molar-refractivity contribution in [1.29, 1.82) is 0 Å². The molecule has 7 N–H and O–H groups in total. The molecule has 0 unspecified atom stereocenters. The van der Waals surface area contributed by atoms with Crippen LogP contribution in [0, 0.1) is 17.8 Å². The van der Waals surface area contributed by atoms with Crippen LogP contribution in [0.1, 0.15) is 115 Å². The maximum atomic E-state index is 14.3. The molecule has 3 aliphatic rings. The second-order valence-corrected chi connectivity index (χ2v) is 18.5. The number of ether oxygens (including phenoxy) is 6. The van der Waals surface area contributed by atoms with Crippen molar-refractivity contribution in [2.24, 2.45) is 17.8 Å². The van der Waals surface area contributed by atoms with Gasteiger partial charge in [0.05, 0.1) is 42.0 Å². The Kier molecular flexibility index (Phi) is 18.2. The Morgan fingerprint density at radius 3 is 2.19 bits per heavy atom. The molecule has 3 fully saturated rings. The molecule has 0 aliphatic carbocycles. The van der Waals surface area contributed by atoms with Crippen LogP contribution in [0.3, 0.4) is 0 Å². The van der Waals surface area contributed by atoms with Gasteiger partial charge in [-0.3, -0.25) is 4.79 Å². The fraction of sp³-hybridized carbons (Fsp3) is 0.976. The van der Waals surface area contributed by atoms with Gasteiger partial charge in [-0.15, -0.1) is 0 Å². The highest BCUT2D eigenvalue weighted by atomic mass is 16.7. The molecule has 15 nitrogen and oxygen atoms in total. The van der Waals surface area contributed by atoms with E-state index in [4.69, 9.17) is 28.4 Å². The Hall–Kier alpha value is -1.05. The number of aliphatic hydroxyl groups is 5. The quantitative estimate of drug-likeness (QED) is 0.112. The van der Waals surface area contributed by atoms with E-state index >= 15 is 0 Å². The molecule has 0 saturated carbocycles. The average molecular weight is 820 g/mol. The number of methoxy groups -OCH3 is 1. The normalized spacial score (nSPS) is 47.3. The fourth-order valence-corrected chi connectivity index (χ4v) is 9.32. The number of hydrogen-bond donors (Lipinski definition) is 7. The predicted octanol–water partition coefficient (Wildman–Crippen LogP) is 2.32. The summed E-state index contributed by atoms with van der Waals surface area (Å²) in [5.74, 6) is -2.96. The van der Waals surface area contributed by atoms with Gasteiger partial charge >= 0.3 is 5.97 Å². The highest BCUT2D eigenvalue weighted by Gasteiger charge is 2.58. The molecular weight excluding hydrogens is 738 g/mol. The number of nitrogens with one attached hydrogen (secondary N) is 2. The van der Waals surface area contributed by atoms with E-state index in [0.717, 1.165) is 19.4 Å². The van der Waals surface area contributed by atoms with Gasteiger partial charge in [-0.1, -0.05) is 34.1 Å². The van der Waals surface area contributed by atoms with Crippen molar-refractivity contribution >= 4 is 5.97 Å². The minimum atomic E-state index is -1.79. The van der Waals surface area contributed by atoms with Crippen LogP contribution in [0.25, 0.3) is 0 Å². The van der Waals surface area contributed by atoms with E-state index in [1.165, 1.54) is 6.92 Å². The van der Waals surface area contributed by atoms with E-state index in [9.17, 15) is 30.3 Å². The van der Waals surface area contributed by atoms with Crippen molar-refractivity contribution in [2.45, 2.75) is 204 Å². The van der Waals surface area contributed by atoms with Gasteiger partial charge in [-0.2, -0.15) is 0 Å². The number of likely N-dealkylation sites (N-methyl/N-ethyl adjacent to an activating group) is 1. The number of esters is 1. The highest BCUT2D eigenvalue weighted by Crippen LogP contribution is 2.43. The molecule has 3 saturated heterocycles. The number of carbonyl (C=O) groups is 1. The zero-order chi connectivity index (χ0) is 43.3. The lowest BCUT2D eigenvalue weighted by molar-refractivity contribution is -0.336. The number of cyclic esters (lactones) is 1. The lowest BCUT2D eigenvalue weighted by Crippen LogP contribution is -2.70. The molecule has 0 aromatic carbocycles. The second kappa shape index (κ2) is 20.7. The minimum Gasteiger partial charge on any atom is -0.459 e. The molecule has 3 aliphatic heterocycles. The van der Waals surface area contributed by atoms with Gasteiger partial charge in [0.2, 0.25) is 0 Å². The van der Waals surface area contributed by atoms with Gasteiger partial charge < -0.3 is 69.5 Å². The third kappa shape index (κ3) is 11.7. The molecule has 0 amide bonds. The van der Waals surface area contributed by atoms with Crippen LogP contribution in [0.5, 0.6) is 0 Å². The van der Waals surface area contributed by atoms with Crippen molar-refractivity contribution in [3.63, 3.8) is 0 Å². The summed E-state index contributed by atoms with van der Waals surface area (Å²) >= 11 is 0.